The van der Waals surface area contributed by atoms with Crippen molar-refractivity contribution in [1.82, 2.24) is 20.6 Å². The fraction of sp³-hybridized carbons (Fsp3) is 0.400. The Labute approximate surface area is 159 Å². The minimum atomic E-state index is 0.846. The van der Waals surface area contributed by atoms with Crippen LogP contribution in [0.15, 0.2) is 29.4 Å². The van der Waals surface area contributed by atoms with Gasteiger partial charge in [-0.25, -0.2) is 4.98 Å². The lowest BCUT2D eigenvalue weighted by Crippen LogP contribution is -2.39. The van der Waals surface area contributed by atoms with Crippen molar-refractivity contribution in [3.8, 4) is 0 Å². The van der Waals surface area contributed by atoms with Gasteiger partial charge in [-0.1, -0.05) is 12.1 Å². The molecule has 0 aliphatic heterocycles. The molecule has 0 saturated heterocycles. The molecule has 0 aliphatic rings. The Hall–Kier alpha value is -2.34. The minimum absolute atomic E-state index is 0.846. The van der Waals surface area contributed by atoms with E-state index in [1.165, 1.54) is 26.9 Å². The van der Waals surface area contributed by atoms with Gasteiger partial charge in [0, 0.05) is 48.5 Å². The lowest BCUT2D eigenvalue weighted by molar-refractivity contribution is 0.787. The molecular formula is C20H27N5S. The van der Waals surface area contributed by atoms with Gasteiger partial charge in [0.2, 0.25) is 0 Å². The van der Waals surface area contributed by atoms with Crippen LogP contribution in [0.3, 0.4) is 0 Å². The zero-order valence-corrected chi connectivity index (χ0v) is 16.8. The Morgan fingerprint density at radius 2 is 1.92 bits per heavy atom. The van der Waals surface area contributed by atoms with E-state index in [0.29, 0.717) is 0 Å². The molecule has 0 saturated carbocycles. The zero-order valence-electron chi connectivity index (χ0n) is 15.9. The number of aromatic nitrogens is 2. The highest BCUT2D eigenvalue weighted by Gasteiger charge is 2.06. The Morgan fingerprint density at radius 3 is 2.62 bits per heavy atom. The standard InChI is InChI=1S/C20H27N5S/c1-13-5-6-17-16(12-24-18(17)11-13)7-9-22-20(21-4)23-10-8-19-14(2)25-15(3)26-19/h5-6,11-12,24H,7-10H2,1-4H3,(H2,21,22,23). The molecule has 0 radical (unpaired) electrons. The molecular weight excluding hydrogens is 342 g/mol. The Morgan fingerprint density at radius 1 is 1.15 bits per heavy atom. The van der Waals surface area contributed by atoms with E-state index in [2.05, 4.69) is 70.8 Å². The van der Waals surface area contributed by atoms with Crippen molar-refractivity contribution in [2.24, 2.45) is 4.99 Å². The number of fused-ring (bicyclic) bond motifs is 1. The van der Waals surface area contributed by atoms with Crippen molar-refractivity contribution in [1.29, 1.82) is 0 Å². The van der Waals surface area contributed by atoms with Gasteiger partial charge in [-0.3, -0.25) is 4.99 Å². The molecule has 3 rings (SSSR count). The van der Waals surface area contributed by atoms with E-state index in [4.69, 9.17) is 0 Å². The molecule has 0 spiro atoms. The van der Waals surface area contributed by atoms with Crippen LogP contribution < -0.4 is 10.6 Å². The second-order valence-electron chi connectivity index (χ2n) is 6.53. The number of benzene rings is 1. The van der Waals surface area contributed by atoms with Gasteiger partial charge in [-0.05, 0) is 44.4 Å². The van der Waals surface area contributed by atoms with Crippen LogP contribution in [0.5, 0.6) is 0 Å². The van der Waals surface area contributed by atoms with E-state index in [1.807, 2.05) is 7.05 Å². The van der Waals surface area contributed by atoms with Gasteiger partial charge in [-0.15, -0.1) is 11.3 Å². The molecule has 3 N–H and O–H groups in total. The molecule has 0 atom stereocenters. The lowest BCUT2D eigenvalue weighted by Gasteiger charge is -2.11. The van der Waals surface area contributed by atoms with Crippen LogP contribution >= 0.6 is 11.3 Å². The van der Waals surface area contributed by atoms with Gasteiger partial charge in [0.05, 0.1) is 10.7 Å². The maximum absolute atomic E-state index is 4.48. The molecule has 0 amide bonds. The van der Waals surface area contributed by atoms with Crippen LogP contribution in [-0.4, -0.2) is 36.1 Å². The van der Waals surface area contributed by atoms with Crippen LogP contribution in [0.4, 0.5) is 0 Å². The summed E-state index contributed by atoms with van der Waals surface area (Å²) in [5.41, 5.74) is 4.96. The first kappa shape index (κ1) is 18.5. The molecule has 1 aromatic carbocycles. The number of aryl methyl sites for hydroxylation is 3. The summed E-state index contributed by atoms with van der Waals surface area (Å²) in [4.78, 5) is 13.5. The van der Waals surface area contributed by atoms with E-state index in [1.54, 1.807) is 11.3 Å². The van der Waals surface area contributed by atoms with Crippen molar-refractivity contribution in [3.05, 3.63) is 51.1 Å². The quantitative estimate of drug-likeness (QED) is 0.460. The summed E-state index contributed by atoms with van der Waals surface area (Å²) in [6.07, 6.45) is 4.04. The highest BCUT2D eigenvalue weighted by atomic mass is 32.1. The molecule has 2 aromatic heterocycles. The predicted octanol–water partition coefficient (Wildman–Crippen LogP) is 3.50. The number of nitrogens with zero attached hydrogens (tertiary/aromatic N) is 2. The summed E-state index contributed by atoms with van der Waals surface area (Å²) >= 11 is 1.78. The van der Waals surface area contributed by atoms with Crippen molar-refractivity contribution in [2.75, 3.05) is 20.1 Å². The second-order valence-corrected chi connectivity index (χ2v) is 7.82. The van der Waals surface area contributed by atoms with Crippen molar-refractivity contribution in [2.45, 2.75) is 33.6 Å². The topological polar surface area (TPSA) is 65.1 Å². The first-order valence-electron chi connectivity index (χ1n) is 9.01. The summed E-state index contributed by atoms with van der Waals surface area (Å²) in [5.74, 6) is 0.847. The number of aliphatic imine (C=N–C) groups is 1. The molecule has 0 aliphatic carbocycles. The third kappa shape index (κ3) is 4.43. The fourth-order valence-electron chi connectivity index (χ4n) is 3.14. The number of guanidine groups is 1. The van der Waals surface area contributed by atoms with E-state index in [-0.39, 0.29) is 0 Å². The van der Waals surface area contributed by atoms with Gasteiger partial charge in [0.1, 0.15) is 0 Å². The van der Waals surface area contributed by atoms with Crippen molar-refractivity contribution < 1.29 is 0 Å². The summed E-state index contributed by atoms with van der Waals surface area (Å²) < 4.78 is 0. The van der Waals surface area contributed by atoms with Gasteiger partial charge < -0.3 is 15.6 Å². The van der Waals surface area contributed by atoms with Crippen LogP contribution in [-0.2, 0) is 12.8 Å². The molecule has 0 fully saturated rings. The van der Waals surface area contributed by atoms with E-state index < -0.39 is 0 Å². The van der Waals surface area contributed by atoms with Crippen LogP contribution in [0, 0.1) is 20.8 Å². The predicted molar refractivity (Wildman–Crippen MR) is 111 cm³/mol. The van der Waals surface area contributed by atoms with Crippen LogP contribution in [0.1, 0.15) is 26.7 Å². The molecule has 0 bridgehead atoms. The minimum Gasteiger partial charge on any atom is -0.361 e. The monoisotopic (exact) mass is 369 g/mol. The zero-order chi connectivity index (χ0) is 18.5. The molecule has 5 nitrogen and oxygen atoms in total. The summed E-state index contributed by atoms with van der Waals surface area (Å²) in [7, 11) is 1.81. The van der Waals surface area contributed by atoms with E-state index in [0.717, 1.165) is 42.6 Å². The molecule has 2 heterocycles. The average molecular weight is 370 g/mol. The molecule has 0 unspecified atom stereocenters. The summed E-state index contributed by atoms with van der Waals surface area (Å²) in [6.45, 7) is 7.95. The molecule has 138 valence electrons. The van der Waals surface area contributed by atoms with Crippen molar-refractivity contribution >= 4 is 28.2 Å². The Bertz CT molecular complexity index is 906. The summed E-state index contributed by atoms with van der Waals surface area (Å²) in [6, 6.07) is 6.55. The van der Waals surface area contributed by atoms with Crippen LogP contribution in [0.2, 0.25) is 0 Å². The largest absolute Gasteiger partial charge is 0.361 e. The van der Waals surface area contributed by atoms with E-state index >= 15 is 0 Å². The van der Waals surface area contributed by atoms with Gasteiger partial charge in [0.15, 0.2) is 5.96 Å². The number of nitrogens with one attached hydrogen (secondary N) is 3. The first-order valence-corrected chi connectivity index (χ1v) is 9.82. The SMILES string of the molecule is CN=C(NCCc1sc(C)nc1C)NCCc1c[nH]c2cc(C)ccc12. The Kier molecular flexibility index (Phi) is 5.93. The second kappa shape index (κ2) is 8.36. The van der Waals surface area contributed by atoms with Crippen molar-refractivity contribution in [3.63, 3.8) is 0 Å². The van der Waals surface area contributed by atoms with Gasteiger partial charge in [-0.2, -0.15) is 0 Å². The average Bonchev–Trinajstić information content (AvgIpc) is 3.15. The fourth-order valence-corrected chi connectivity index (χ4v) is 4.08. The maximum atomic E-state index is 4.48. The first-order chi connectivity index (χ1) is 12.6. The third-order valence-electron chi connectivity index (χ3n) is 4.48. The smallest absolute Gasteiger partial charge is 0.190 e. The number of H-pyrrole nitrogens is 1. The highest BCUT2D eigenvalue weighted by molar-refractivity contribution is 7.11. The number of hydrogen-bond acceptors (Lipinski definition) is 3. The Balaban J connectivity index is 1.47. The normalized spacial score (nSPS) is 11.9. The van der Waals surface area contributed by atoms with E-state index in [9.17, 15) is 0 Å². The molecule has 26 heavy (non-hydrogen) atoms. The number of hydrogen-bond donors (Lipinski definition) is 3. The summed E-state index contributed by atoms with van der Waals surface area (Å²) in [5, 5.41) is 9.23. The third-order valence-corrected chi connectivity index (χ3v) is 5.61. The number of aromatic amines is 1. The maximum Gasteiger partial charge on any atom is 0.190 e. The molecule has 3 aromatic rings. The van der Waals surface area contributed by atoms with Crippen LogP contribution in [0.25, 0.3) is 10.9 Å². The number of thiazole rings is 1. The van der Waals surface area contributed by atoms with Gasteiger partial charge in [0.25, 0.3) is 0 Å². The van der Waals surface area contributed by atoms with Gasteiger partial charge >= 0.3 is 0 Å². The number of rotatable bonds is 6. The molecule has 6 heteroatoms. The highest BCUT2D eigenvalue weighted by Crippen LogP contribution is 2.19. The lowest BCUT2D eigenvalue weighted by atomic mass is 10.1.